The zero-order valence-electron chi connectivity index (χ0n) is 14.8. The SMILES string of the molecule is CCOC(CCN(C)C)CNC(=O)CCc1ccccc1N.Cl.Cl. The first kappa shape index (κ1) is 25.2. The molecule has 0 radical (unpaired) electrons. The fraction of sp³-hybridized carbons (Fsp3) is 0.588. The van der Waals surface area contributed by atoms with Crippen molar-refractivity contribution in [2.24, 2.45) is 0 Å². The number of amides is 1. The maximum atomic E-state index is 12.0. The van der Waals surface area contributed by atoms with Gasteiger partial charge in [0, 0.05) is 31.8 Å². The molecule has 0 aromatic heterocycles. The molecule has 140 valence electrons. The lowest BCUT2D eigenvalue weighted by Crippen LogP contribution is -2.35. The van der Waals surface area contributed by atoms with Crippen molar-refractivity contribution in [1.82, 2.24) is 10.2 Å². The number of nitrogens with two attached hydrogens (primary N) is 1. The Labute approximate surface area is 158 Å². The van der Waals surface area contributed by atoms with Gasteiger partial charge in [-0.25, -0.2) is 0 Å². The van der Waals surface area contributed by atoms with E-state index in [2.05, 4.69) is 10.2 Å². The van der Waals surface area contributed by atoms with Gasteiger partial charge in [0.15, 0.2) is 0 Å². The Bertz CT molecular complexity index is 459. The minimum Gasteiger partial charge on any atom is -0.399 e. The van der Waals surface area contributed by atoms with Gasteiger partial charge in [-0.3, -0.25) is 4.79 Å². The Hall–Kier alpha value is -1.01. The fourth-order valence-electron chi connectivity index (χ4n) is 2.21. The first-order chi connectivity index (χ1) is 10.5. The Morgan fingerprint density at radius 1 is 1.29 bits per heavy atom. The number of nitrogen functional groups attached to an aromatic ring is 1. The van der Waals surface area contributed by atoms with Gasteiger partial charge in [-0.05, 0) is 45.5 Å². The second-order valence-corrected chi connectivity index (χ2v) is 5.67. The third-order valence-electron chi connectivity index (χ3n) is 3.50. The van der Waals surface area contributed by atoms with E-state index in [1.807, 2.05) is 45.3 Å². The number of ether oxygens (including phenoxy) is 1. The predicted molar refractivity (Wildman–Crippen MR) is 105 cm³/mol. The van der Waals surface area contributed by atoms with Crippen LogP contribution in [0.4, 0.5) is 5.69 Å². The number of nitrogens with zero attached hydrogens (tertiary/aromatic N) is 1. The van der Waals surface area contributed by atoms with Gasteiger partial charge in [-0.2, -0.15) is 0 Å². The summed E-state index contributed by atoms with van der Waals surface area (Å²) in [5.41, 5.74) is 7.64. The van der Waals surface area contributed by atoms with E-state index in [4.69, 9.17) is 10.5 Å². The van der Waals surface area contributed by atoms with Gasteiger partial charge >= 0.3 is 0 Å². The van der Waals surface area contributed by atoms with Gasteiger partial charge in [-0.15, -0.1) is 24.8 Å². The van der Waals surface area contributed by atoms with Crippen LogP contribution in [0.5, 0.6) is 0 Å². The summed E-state index contributed by atoms with van der Waals surface area (Å²) >= 11 is 0. The van der Waals surface area contributed by atoms with Crippen molar-refractivity contribution in [2.45, 2.75) is 32.3 Å². The summed E-state index contributed by atoms with van der Waals surface area (Å²) in [5, 5.41) is 2.96. The molecule has 1 rings (SSSR count). The van der Waals surface area contributed by atoms with Crippen molar-refractivity contribution in [2.75, 3.05) is 39.5 Å². The molecule has 0 saturated heterocycles. The first-order valence-electron chi connectivity index (χ1n) is 7.89. The maximum absolute atomic E-state index is 12.0. The minimum atomic E-state index is 0. The van der Waals surface area contributed by atoms with Crippen LogP contribution in [0.1, 0.15) is 25.3 Å². The summed E-state index contributed by atoms with van der Waals surface area (Å²) in [4.78, 5) is 14.1. The van der Waals surface area contributed by atoms with E-state index in [0.29, 0.717) is 26.0 Å². The predicted octanol–water partition coefficient (Wildman–Crippen LogP) is 2.52. The van der Waals surface area contributed by atoms with Crippen LogP contribution in [-0.2, 0) is 16.0 Å². The van der Waals surface area contributed by atoms with Crippen LogP contribution in [0.25, 0.3) is 0 Å². The average molecular weight is 380 g/mol. The van der Waals surface area contributed by atoms with E-state index in [1.165, 1.54) is 0 Å². The second-order valence-electron chi connectivity index (χ2n) is 5.67. The number of para-hydroxylation sites is 1. The Morgan fingerprint density at radius 3 is 2.54 bits per heavy atom. The molecule has 1 aromatic carbocycles. The highest BCUT2D eigenvalue weighted by Crippen LogP contribution is 2.12. The minimum absolute atomic E-state index is 0. The molecule has 3 N–H and O–H groups in total. The summed E-state index contributed by atoms with van der Waals surface area (Å²) in [5.74, 6) is 0.0396. The van der Waals surface area contributed by atoms with E-state index in [-0.39, 0.29) is 36.8 Å². The topological polar surface area (TPSA) is 67.6 Å². The molecule has 0 aliphatic carbocycles. The smallest absolute Gasteiger partial charge is 0.220 e. The van der Waals surface area contributed by atoms with Crippen LogP contribution in [0, 0.1) is 0 Å². The number of nitrogens with one attached hydrogen (secondary N) is 1. The highest BCUT2D eigenvalue weighted by atomic mass is 35.5. The largest absolute Gasteiger partial charge is 0.399 e. The third kappa shape index (κ3) is 10.7. The summed E-state index contributed by atoms with van der Waals surface area (Å²) in [6, 6.07) is 7.66. The highest BCUT2D eigenvalue weighted by Gasteiger charge is 2.11. The normalized spacial score (nSPS) is 11.3. The van der Waals surface area contributed by atoms with E-state index in [9.17, 15) is 4.79 Å². The standard InChI is InChI=1S/C17H29N3O2.2ClH/c1-4-22-15(11-12-20(2)3)13-19-17(21)10-9-14-7-5-6-8-16(14)18;;/h5-8,15H,4,9-13,18H2,1-3H3,(H,19,21);2*1H. The number of anilines is 1. The summed E-state index contributed by atoms with van der Waals surface area (Å²) in [7, 11) is 4.07. The lowest BCUT2D eigenvalue weighted by molar-refractivity contribution is -0.121. The van der Waals surface area contributed by atoms with Crippen molar-refractivity contribution in [3.63, 3.8) is 0 Å². The number of hydrogen-bond acceptors (Lipinski definition) is 4. The molecule has 5 nitrogen and oxygen atoms in total. The van der Waals surface area contributed by atoms with Crippen LogP contribution in [0.15, 0.2) is 24.3 Å². The van der Waals surface area contributed by atoms with Gasteiger partial charge in [0.1, 0.15) is 0 Å². The molecule has 1 atom stereocenters. The summed E-state index contributed by atoms with van der Waals surface area (Å²) in [6.07, 6.45) is 2.08. The molecule has 7 heteroatoms. The van der Waals surface area contributed by atoms with Crippen molar-refractivity contribution >= 4 is 36.4 Å². The van der Waals surface area contributed by atoms with Crippen LogP contribution < -0.4 is 11.1 Å². The molecule has 0 heterocycles. The lowest BCUT2D eigenvalue weighted by Gasteiger charge is -2.19. The van der Waals surface area contributed by atoms with Gasteiger partial charge in [0.25, 0.3) is 0 Å². The van der Waals surface area contributed by atoms with Gasteiger partial charge in [-0.1, -0.05) is 18.2 Å². The molecular formula is C17H31Cl2N3O2. The average Bonchev–Trinajstić information content (AvgIpc) is 2.49. The number of halogens is 2. The quantitative estimate of drug-likeness (QED) is 0.612. The van der Waals surface area contributed by atoms with Gasteiger partial charge < -0.3 is 20.7 Å². The fourth-order valence-corrected chi connectivity index (χ4v) is 2.21. The van der Waals surface area contributed by atoms with Crippen molar-refractivity contribution in [3.8, 4) is 0 Å². The molecule has 1 amide bonds. The molecule has 0 aliphatic heterocycles. The van der Waals surface area contributed by atoms with Crippen LogP contribution >= 0.6 is 24.8 Å². The number of hydrogen-bond donors (Lipinski definition) is 2. The molecular weight excluding hydrogens is 349 g/mol. The maximum Gasteiger partial charge on any atom is 0.220 e. The van der Waals surface area contributed by atoms with E-state index in [1.54, 1.807) is 0 Å². The molecule has 0 spiro atoms. The molecule has 1 aromatic rings. The number of carbonyl (C=O) groups excluding carboxylic acids is 1. The van der Waals surface area contributed by atoms with Gasteiger partial charge in [0.05, 0.1) is 6.10 Å². The zero-order chi connectivity index (χ0) is 16.4. The van der Waals surface area contributed by atoms with E-state index >= 15 is 0 Å². The lowest BCUT2D eigenvalue weighted by atomic mass is 10.1. The van der Waals surface area contributed by atoms with Crippen molar-refractivity contribution < 1.29 is 9.53 Å². The number of aryl methyl sites for hydroxylation is 1. The van der Waals surface area contributed by atoms with Crippen molar-refractivity contribution in [1.29, 1.82) is 0 Å². The zero-order valence-corrected chi connectivity index (χ0v) is 16.4. The van der Waals surface area contributed by atoms with E-state index < -0.39 is 0 Å². The first-order valence-corrected chi connectivity index (χ1v) is 7.89. The molecule has 24 heavy (non-hydrogen) atoms. The highest BCUT2D eigenvalue weighted by molar-refractivity contribution is 5.85. The molecule has 0 bridgehead atoms. The van der Waals surface area contributed by atoms with E-state index in [0.717, 1.165) is 24.2 Å². The van der Waals surface area contributed by atoms with Gasteiger partial charge in [0.2, 0.25) is 5.91 Å². The molecule has 0 aliphatic rings. The van der Waals surface area contributed by atoms with Crippen LogP contribution in [0.2, 0.25) is 0 Å². The molecule has 1 unspecified atom stereocenters. The monoisotopic (exact) mass is 379 g/mol. The van der Waals surface area contributed by atoms with Crippen molar-refractivity contribution in [3.05, 3.63) is 29.8 Å². The van der Waals surface area contributed by atoms with Crippen LogP contribution in [0.3, 0.4) is 0 Å². The summed E-state index contributed by atoms with van der Waals surface area (Å²) in [6.45, 7) is 4.14. The molecule has 0 fully saturated rings. The number of benzene rings is 1. The third-order valence-corrected chi connectivity index (χ3v) is 3.50. The summed E-state index contributed by atoms with van der Waals surface area (Å²) < 4.78 is 5.66. The number of rotatable bonds is 10. The second kappa shape index (κ2) is 14.3. The number of carbonyl (C=O) groups is 1. The Morgan fingerprint density at radius 2 is 1.96 bits per heavy atom. The molecule has 0 saturated carbocycles. The van der Waals surface area contributed by atoms with Crippen LogP contribution in [-0.4, -0.2) is 50.7 Å². The Balaban J connectivity index is 0. The Kier molecular flexibility index (Phi) is 15.1.